The van der Waals surface area contributed by atoms with Crippen LogP contribution in [0.2, 0.25) is 0 Å². The first-order chi connectivity index (χ1) is 17.0. The number of phenolic OH excluding ortho intramolecular Hbond substituents is 1. The van der Waals surface area contributed by atoms with E-state index < -0.39 is 0 Å². The Morgan fingerprint density at radius 3 is 2.37 bits per heavy atom. The van der Waals surface area contributed by atoms with Crippen LogP contribution in [-0.4, -0.2) is 42.2 Å². The molecular formula is C30H35N3O2. The molecule has 1 saturated heterocycles. The fourth-order valence-corrected chi connectivity index (χ4v) is 6.38. The average molecular weight is 470 g/mol. The van der Waals surface area contributed by atoms with Crippen LogP contribution in [0, 0.1) is 5.92 Å². The van der Waals surface area contributed by atoms with Crippen molar-refractivity contribution in [3.8, 4) is 5.75 Å². The molecule has 5 heteroatoms. The molecule has 1 fully saturated rings. The summed E-state index contributed by atoms with van der Waals surface area (Å²) >= 11 is 0. The molecule has 35 heavy (non-hydrogen) atoms. The molecule has 0 saturated carbocycles. The van der Waals surface area contributed by atoms with E-state index in [9.17, 15) is 9.90 Å². The molecule has 1 aliphatic heterocycles. The van der Waals surface area contributed by atoms with Gasteiger partial charge in [-0.05, 0) is 73.2 Å². The highest BCUT2D eigenvalue weighted by Crippen LogP contribution is 2.51. The van der Waals surface area contributed by atoms with Crippen molar-refractivity contribution in [2.24, 2.45) is 5.92 Å². The number of benzene rings is 3. The third-order valence-corrected chi connectivity index (χ3v) is 8.38. The molecule has 3 aromatic rings. The Balaban J connectivity index is 1.32. The summed E-state index contributed by atoms with van der Waals surface area (Å²) in [6, 6.07) is 26.1. The number of nitrogens with zero attached hydrogens (tertiary/aromatic N) is 1. The van der Waals surface area contributed by atoms with Gasteiger partial charge in [-0.1, -0.05) is 73.7 Å². The number of rotatable bonds is 6. The summed E-state index contributed by atoms with van der Waals surface area (Å²) in [4.78, 5) is 15.6. The molecule has 0 radical (unpaired) electrons. The summed E-state index contributed by atoms with van der Waals surface area (Å²) in [5.41, 5.74) is 4.65. The zero-order valence-corrected chi connectivity index (χ0v) is 20.6. The van der Waals surface area contributed by atoms with E-state index in [4.69, 9.17) is 0 Å². The molecule has 5 rings (SSSR count). The first kappa shape index (κ1) is 23.4. The van der Waals surface area contributed by atoms with Crippen molar-refractivity contribution in [2.45, 2.75) is 43.7 Å². The maximum absolute atomic E-state index is 13.1. The van der Waals surface area contributed by atoms with E-state index in [0.29, 0.717) is 24.3 Å². The minimum atomic E-state index is -0.213. The van der Waals surface area contributed by atoms with E-state index in [0.717, 1.165) is 36.9 Å². The van der Waals surface area contributed by atoms with E-state index in [1.54, 1.807) is 6.07 Å². The molecule has 0 unspecified atom stereocenters. The van der Waals surface area contributed by atoms with Crippen LogP contribution in [0.1, 0.15) is 48.1 Å². The quantitative estimate of drug-likeness (QED) is 0.476. The standard InChI is InChI=1S/C30H35N3O2/c1-21-27-19-24-13-14-25(34)20-26(24)30(21,16-18-33(27)2)15-17-31-29(35)32-28(22-9-5-3-6-10-22)23-11-7-4-8-12-23/h3-14,20-21,27-28,34H,15-19H2,1-2H3,(H2,31,32,35)/t21-,27+,30-/m0/s1. The minimum Gasteiger partial charge on any atom is -0.508 e. The Kier molecular flexibility index (Phi) is 6.52. The van der Waals surface area contributed by atoms with Gasteiger partial charge in [0.15, 0.2) is 0 Å². The normalized spacial score (nSPS) is 23.5. The van der Waals surface area contributed by atoms with Gasteiger partial charge in [-0.15, -0.1) is 0 Å². The van der Waals surface area contributed by atoms with Crippen molar-refractivity contribution in [1.82, 2.24) is 15.5 Å². The zero-order chi connectivity index (χ0) is 24.4. The number of fused-ring (bicyclic) bond motifs is 4. The summed E-state index contributed by atoms with van der Waals surface area (Å²) in [6.07, 6.45) is 2.89. The first-order valence-electron chi connectivity index (χ1n) is 12.6. The van der Waals surface area contributed by atoms with E-state index in [-0.39, 0.29) is 17.5 Å². The lowest BCUT2D eigenvalue weighted by molar-refractivity contribution is 0.0363. The summed E-state index contributed by atoms with van der Waals surface area (Å²) < 4.78 is 0. The van der Waals surface area contributed by atoms with Crippen LogP contribution >= 0.6 is 0 Å². The topological polar surface area (TPSA) is 64.6 Å². The molecular weight excluding hydrogens is 434 g/mol. The summed E-state index contributed by atoms with van der Waals surface area (Å²) in [7, 11) is 2.22. The molecule has 3 atom stereocenters. The van der Waals surface area contributed by atoms with Crippen LogP contribution in [0.3, 0.4) is 0 Å². The van der Waals surface area contributed by atoms with E-state index in [1.807, 2.05) is 66.7 Å². The number of likely N-dealkylation sites (N-methyl/N-ethyl adjacent to an activating group) is 1. The number of carbonyl (C=O) groups is 1. The third-order valence-electron chi connectivity index (χ3n) is 8.38. The lowest BCUT2D eigenvalue weighted by Gasteiger charge is -2.55. The molecule has 2 aliphatic rings. The summed E-state index contributed by atoms with van der Waals surface area (Å²) in [6.45, 7) is 3.95. The maximum Gasteiger partial charge on any atom is 0.315 e. The number of hydrogen-bond donors (Lipinski definition) is 3. The van der Waals surface area contributed by atoms with Gasteiger partial charge in [0.2, 0.25) is 0 Å². The number of piperidine rings is 1. The second-order valence-corrected chi connectivity index (χ2v) is 10.2. The van der Waals surface area contributed by atoms with Gasteiger partial charge < -0.3 is 20.6 Å². The highest BCUT2D eigenvalue weighted by atomic mass is 16.3. The maximum atomic E-state index is 13.1. The average Bonchev–Trinajstić information content (AvgIpc) is 2.88. The highest BCUT2D eigenvalue weighted by Gasteiger charge is 2.50. The number of hydrogen-bond acceptors (Lipinski definition) is 3. The number of aromatic hydroxyl groups is 1. The smallest absolute Gasteiger partial charge is 0.315 e. The molecule has 1 heterocycles. The number of phenols is 1. The first-order valence-corrected chi connectivity index (χ1v) is 12.6. The largest absolute Gasteiger partial charge is 0.508 e. The van der Waals surface area contributed by atoms with Crippen LogP contribution in [0.5, 0.6) is 5.75 Å². The Bertz CT molecular complexity index is 1130. The SMILES string of the molecule is C[C@H]1[C@H]2Cc3ccc(O)cc3[C@@]1(CCNC(=O)NC(c1ccccc1)c1ccccc1)CCN2C. The fraction of sp³-hybridized carbons (Fsp3) is 0.367. The van der Waals surface area contributed by atoms with E-state index in [2.05, 4.69) is 35.6 Å². The van der Waals surface area contributed by atoms with Crippen molar-refractivity contribution in [2.75, 3.05) is 20.1 Å². The monoisotopic (exact) mass is 469 g/mol. The Hall–Kier alpha value is -3.31. The lowest BCUT2D eigenvalue weighted by Crippen LogP contribution is -2.58. The minimum absolute atomic E-state index is 0.0466. The number of carbonyl (C=O) groups excluding carboxylic acids is 1. The molecule has 0 aromatic heterocycles. The van der Waals surface area contributed by atoms with Gasteiger partial charge >= 0.3 is 6.03 Å². The number of urea groups is 1. The van der Waals surface area contributed by atoms with Gasteiger partial charge in [0.25, 0.3) is 0 Å². The molecule has 2 amide bonds. The second-order valence-electron chi connectivity index (χ2n) is 10.2. The predicted octanol–water partition coefficient (Wildman–Crippen LogP) is 5.01. The fourth-order valence-electron chi connectivity index (χ4n) is 6.38. The van der Waals surface area contributed by atoms with Crippen molar-refractivity contribution >= 4 is 6.03 Å². The number of nitrogens with one attached hydrogen (secondary N) is 2. The molecule has 182 valence electrons. The zero-order valence-electron chi connectivity index (χ0n) is 20.6. The van der Waals surface area contributed by atoms with E-state index >= 15 is 0 Å². The summed E-state index contributed by atoms with van der Waals surface area (Å²) in [5.74, 6) is 0.772. The Labute approximate surface area is 208 Å². The van der Waals surface area contributed by atoms with Crippen LogP contribution in [0.25, 0.3) is 0 Å². The number of amides is 2. The molecule has 1 aliphatic carbocycles. The molecule has 2 bridgehead atoms. The summed E-state index contributed by atoms with van der Waals surface area (Å²) in [5, 5.41) is 16.6. The number of likely N-dealkylation sites (tertiary alicyclic amines) is 1. The van der Waals surface area contributed by atoms with Crippen LogP contribution in [-0.2, 0) is 11.8 Å². The van der Waals surface area contributed by atoms with Crippen molar-refractivity contribution in [3.05, 3.63) is 101 Å². The van der Waals surface area contributed by atoms with Crippen LogP contribution in [0.15, 0.2) is 78.9 Å². The van der Waals surface area contributed by atoms with Crippen molar-refractivity contribution in [3.63, 3.8) is 0 Å². The Morgan fingerprint density at radius 2 is 1.71 bits per heavy atom. The highest BCUT2D eigenvalue weighted by molar-refractivity contribution is 5.75. The predicted molar refractivity (Wildman–Crippen MR) is 140 cm³/mol. The van der Waals surface area contributed by atoms with E-state index in [1.165, 1.54) is 11.1 Å². The van der Waals surface area contributed by atoms with Gasteiger partial charge in [-0.3, -0.25) is 0 Å². The van der Waals surface area contributed by atoms with Crippen molar-refractivity contribution < 1.29 is 9.90 Å². The molecule has 3 N–H and O–H groups in total. The molecule has 3 aromatic carbocycles. The molecule has 0 spiro atoms. The van der Waals surface area contributed by atoms with Gasteiger partial charge in [0, 0.05) is 18.0 Å². The van der Waals surface area contributed by atoms with Gasteiger partial charge in [0.1, 0.15) is 5.75 Å². The van der Waals surface area contributed by atoms with Crippen LogP contribution < -0.4 is 10.6 Å². The second kappa shape index (κ2) is 9.74. The van der Waals surface area contributed by atoms with Crippen LogP contribution in [0.4, 0.5) is 4.79 Å². The molecule has 5 nitrogen and oxygen atoms in total. The van der Waals surface area contributed by atoms with Gasteiger partial charge in [-0.2, -0.15) is 0 Å². The van der Waals surface area contributed by atoms with Crippen molar-refractivity contribution in [1.29, 1.82) is 0 Å². The van der Waals surface area contributed by atoms with Gasteiger partial charge in [-0.25, -0.2) is 4.79 Å². The Morgan fingerprint density at radius 1 is 1.06 bits per heavy atom. The third kappa shape index (κ3) is 4.53. The van der Waals surface area contributed by atoms with Gasteiger partial charge in [0.05, 0.1) is 6.04 Å². The lowest BCUT2D eigenvalue weighted by atomic mass is 9.56.